The predicted octanol–water partition coefficient (Wildman–Crippen LogP) is 3.59. The second-order valence-corrected chi connectivity index (χ2v) is 8.60. The maximum absolute atomic E-state index is 12.8. The van der Waals surface area contributed by atoms with E-state index in [9.17, 15) is 4.79 Å². The van der Waals surface area contributed by atoms with Crippen LogP contribution >= 0.6 is 0 Å². The summed E-state index contributed by atoms with van der Waals surface area (Å²) in [6, 6.07) is 4.05. The summed E-state index contributed by atoms with van der Waals surface area (Å²) in [5.41, 5.74) is 2.47. The number of rotatable bonds is 4. The molecule has 1 fully saturated rings. The molecule has 164 valence electrons. The van der Waals surface area contributed by atoms with E-state index < -0.39 is 0 Å². The fraction of sp³-hybridized carbons (Fsp3) is 0.500. The maximum atomic E-state index is 12.8. The molecule has 9 nitrogen and oxygen atoms in total. The summed E-state index contributed by atoms with van der Waals surface area (Å²) in [5, 5.41) is 8.27. The maximum Gasteiger partial charge on any atom is 0.322 e. The largest absolute Gasteiger partial charge is 0.353 e. The minimum atomic E-state index is -0.112. The van der Waals surface area contributed by atoms with Gasteiger partial charge in [-0.25, -0.2) is 24.4 Å². The Labute approximate surface area is 182 Å². The van der Waals surface area contributed by atoms with Gasteiger partial charge in [0.15, 0.2) is 5.65 Å². The number of aromatic nitrogens is 5. The van der Waals surface area contributed by atoms with Crippen LogP contribution in [0.15, 0.2) is 24.5 Å². The van der Waals surface area contributed by atoms with E-state index in [-0.39, 0.29) is 18.0 Å². The Kier molecular flexibility index (Phi) is 5.75. The number of piperazine rings is 1. The van der Waals surface area contributed by atoms with E-state index in [0.717, 1.165) is 41.5 Å². The van der Waals surface area contributed by atoms with E-state index in [1.165, 1.54) is 0 Å². The normalized spacial score (nSPS) is 14.7. The first-order valence-corrected chi connectivity index (χ1v) is 10.8. The molecule has 2 amide bonds. The summed E-state index contributed by atoms with van der Waals surface area (Å²) >= 11 is 0. The number of carbonyl (C=O) groups excluding carboxylic acids is 1. The monoisotopic (exact) mass is 422 g/mol. The Hall–Kier alpha value is -3.23. The van der Waals surface area contributed by atoms with Crippen molar-refractivity contribution in [2.75, 3.05) is 36.4 Å². The van der Waals surface area contributed by atoms with Crippen LogP contribution in [-0.2, 0) is 0 Å². The third-order valence-corrected chi connectivity index (χ3v) is 5.44. The zero-order valence-corrected chi connectivity index (χ0v) is 18.8. The van der Waals surface area contributed by atoms with Crippen LogP contribution in [0.3, 0.4) is 0 Å². The standard InChI is InChI=1S/C22H30N8O/c1-14(2)20-25-16(5)10-19(27-20)28-6-8-29(9-7-28)22(31)26-18-11-17-12-24-30(15(3)4)21(17)23-13-18/h10-15H,6-9H2,1-5H3,(H,26,31). The lowest BCUT2D eigenvalue weighted by molar-refractivity contribution is 0.208. The summed E-state index contributed by atoms with van der Waals surface area (Å²) in [6.07, 6.45) is 3.47. The Morgan fingerprint density at radius 2 is 1.77 bits per heavy atom. The second kappa shape index (κ2) is 8.49. The van der Waals surface area contributed by atoms with Crippen molar-refractivity contribution in [3.8, 4) is 0 Å². The number of anilines is 2. The summed E-state index contributed by atoms with van der Waals surface area (Å²) < 4.78 is 1.87. The molecule has 0 saturated carbocycles. The molecule has 0 bridgehead atoms. The number of nitrogens with zero attached hydrogens (tertiary/aromatic N) is 7. The van der Waals surface area contributed by atoms with E-state index in [4.69, 9.17) is 4.98 Å². The SMILES string of the molecule is Cc1cc(N2CCN(C(=O)Nc3cnc4c(cnn4C(C)C)c3)CC2)nc(C(C)C)n1. The highest BCUT2D eigenvalue weighted by atomic mass is 16.2. The molecule has 1 aliphatic rings. The Morgan fingerprint density at radius 1 is 1.03 bits per heavy atom. The van der Waals surface area contributed by atoms with Crippen LogP contribution in [0.5, 0.6) is 0 Å². The molecule has 0 spiro atoms. The van der Waals surface area contributed by atoms with Crippen LogP contribution in [0.4, 0.5) is 16.3 Å². The lowest BCUT2D eigenvalue weighted by atomic mass is 10.2. The van der Waals surface area contributed by atoms with Gasteiger partial charge < -0.3 is 15.1 Å². The topological polar surface area (TPSA) is 92.1 Å². The first-order chi connectivity index (χ1) is 14.8. The highest BCUT2D eigenvalue weighted by molar-refractivity contribution is 5.91. The van der Waals surface area contributed by atoms with E-state index in [2.05, 4.69) is 53.0 Å². The van der Waals surface area contributed by atoms with Crippen molar-refractivity contribution in [1.82, 2.24) is 29.6 Å². The van der Waals surface area contributed by atoms with Gasteiger partial charge in [-0.05, 0) is 26.8 Å². The van der Waals surface area contributed by atoms with Gasteiger partial charge in [-0.1, -0.05) is 13.8 Å². The summed E-state index contributed by atoms with van der Waals surface area (Å²) in [4.78, 5) is 30.6. The highest BCUT2D eigenvalue weighted by Crippen LogP contribution is 2.21. The molecule has 31 heavy (non-hydrogen) atoms. The van der Waals surface area contributed by atoms with E-state index >= 15 is 0 Å². The zero-order valence-electron chi connectivity index (χ0n) is 18.8. The van der Waals surface area contributed by atoms with Gasteiger partial charge in [0.05, 0.1) is 18.1 Å². The minimum absolute atomic E-state index is 0.112. The summed E-state index contributed by atoms with van der Waals surface area (Å²) in [7, 11) is 0. The molecule has 3 aromatic rings. The predicted molar refractivity (Wildman–Crippen MR) is 122 cm³/mol. The van der Waals surface area contributed by atoms with Crippen LogP contribution in [0.25, 0.3) is 11.0 Å². The molecule has 1 saturated heterocycles. The number of hydrogen-bond acceptors (Lipinski definition) is 6. The van der Waals surface area contributed by atoms with Gasteiger partial charge in [0.25, 0.3) is 0 Å². The molecule has 0 aliphatic carbocycles. The van der Waals surface area contributed by atoms with Gasteiger partial charge in [-0.3, -0.25) is 0 Å². The third-order valence-electron chi connectivity index (χ3n) is 5.44. The lowest BCUT2D eigenvalue weighted by Crippen LogP contribution is -2.50. The molecule has 3 aromatic heterocycles. The Morgan fingerprint density at radius 3 is 2.45 bits per heavy atom. The van der Waals surface area contributed by atoms with Crippen LogP contribution in [0.2, 0.25) is 0 Å². The first kappa shape index (κ1) is 21.0. The first-order valence-electron chi connectivity index (χ1n) is 10.8. The number of urea groups is 1. The number of carbonyl (C=O) groups is 1. The number of hydrogen-bond donors (Lipinski definition) is 1. The molecule has 9 heteroatoms. The molecule has 0 unspecified atom stereocenters. The Balaban J connectivity index is 1.39. The summed E-state index contributed by atoms with van der Waals surface area (Å²) in [6.45, 7) is 13.1. The molecule has 0 radical (unpaired) electrons. The molecule has 1 aliphatic heterocycles. The molecule has 4 heterocycles. The molecular weight excluding hydrogens is 392 g/mol. The highest BCUT2D eigenvalue weighted by Gasteiger charge is 2.23. The van der Waals surface area contributed by atoms with E-state index in [1.54, 1.807) is 12.4 Å². The van der Waals surface area contributed by atoms with Gasteiger partial charge in [0.2, 0.25) is 0 Å². The van der Waals surface area contributed by atoms with Gasteiger partial charge >= 0.3 is 6.03 Å². The quantitative estimate of drug-likeness (QED) is 0.691. The molecule has 4 rings (SSSR count). The van der Waals surface area contributed by atoms with Gasteiger partial charge in [0.1, 0.15) is 11.6 Å². The molecule has 0 atom stereocenters. The van der Waals surface area contributed by atoms with Crippen LogP contribution in [0.1, 0.15) is 51.2 Å². The van der Waals surface area contributed by atoms with Crippen molar-refractivity contribution in [1.29, 1.82) is 0 Å². The fourth-order valence-corrected chi connectivity index (χ4v) is 3.72. The van der Waals surface area contributed by atoms with Crippen molar-refractivity contribution >= 4 is 28.6 Å². The molecule has 0 aromatic carbocycles. The lowest BCUT2D eigenvalue weighted by Gasteiger charge is -2.35. The third kappa shape index (κ3) is 4.45. The average Bonchev–Trinajstić information content (AvgIpc) is 3.17. The van der Waals surface area contributed by atoms with Crippen molar-refractivity contribution in [3.63, 3.8) is 0 Å². The van der Waals surface area contributed by atoms with E-state index in [1.807, 2.05) is 28.6 Å². The van der Waals surface area contributed by atoms with Crippen LogP contribution < -0.4 is 10.2 Å². The van der Waals surface area contributed by atoms with Crippen LogP contribution in [-0.4, -0.2) is 61.8 Å². The van der Waals surface area contributed by atoms with Gasteiger partial charge in [0, 0.05) is 55.3 Å². The van der Waals surface area contributed by atoms with Gasteiger partial charge in [-0.2, -0.15) is 5.10 Å². The number of aryl methyl sites for hydroxylation is 1. The summed E-state index contributed by atoms with van der Waals surface area (Å²) in [5.74, 6) is 2.08. The second-order valence-electron chi connectivity index (χ2n) is 8.60. The fourth-order valence-electron chi connectivity index (χ4n) is 3.72. The van der Waals surface area contributed by atoms with Crippen molar-refractivity contribution in [2.24, 2.45) is 0 Å². The van der Waals surface area contributed by atoms with Gasteiger partial charge in [-0.15, -0.1) is 0 Å². The molecular formula is C22H30N8O. The van der Waals surface area contributed by atoms with E-state index in [0.29, 0.717) is 18.8 Å². The van der Waals surface area contributed by atoms with Crippen molar-refractivity contribution in [2.45, 2.75) is 46.6 Å². The minimum Gasteiger partial charge on any atom is -0.353 e. The number of nitrogens with one attached hydrogen (secondary N) is 1. The Bertz CT molecular complexity index is 1080. The molecule has 1 N–H and O–H groups in total. The van der Waals surface area contributed by atoms with Crippen LogP contribution in [0, 0.1) is 6.92 Å². The number of fused-ring (bicyclic) bond motifs is 1. The smallest absolute Gasteiger partial charge is 0.322 e. The van der Waals surface area contributed by atoms with Crippen molar-refractivity contribution < 1.29 is 4.79 Å². The van der Waals surface area contributed by atoms with Crippen molar-refractivity contribution in [3.05, 3.63) is 36.0 Å². The average molecular weight is 423 g/mol. The zero-order chi connectivity index (χ0) is 22.1. The number of amides is 2. The number of pyridine rings is 1.